The molecular formula is CH3BIP. The molecule has 0 nitrogen and oxygen atoms in total. The van der Waals surface area contributed by atoms with Crippen LogP contribution in [0.5, 0.6) is 0 Å². The molecule has 0 saturated carbocycles. The van der Waals surface area contributed by atoms with E-state index in [9.17, 15) is 0 Å². The number of alkyl halides is 1. The Morgan fingerprint density at radius 2 is 2.00 bits per heavy atom. The molecule has 0 N–H and O–H groups in total. The zero-order valence-electron chi connectivity index (χ0n) is 2.11. The molecular weight excluding hydrogens is 181 g/mol. The summed E-state index contributed by atoms with van der Waals surface area (Å²) in [6.45, 7) is 0. The predicted octanol–water partition coefficient (Wildman–Crippen LogP) is 0.749. The van der Waals surface area contributed by atoms with E-state index >= 15 is 0 Å². The van der Waals surface area contributed by atoms with Crippen molar-refractivity contribution in [3.05, 3.63) is 0 Å². The van der Waals surface area contributed by atoms with Gasteiger partial charge in [0.15, 0.2) is 0 Å². The van der Waals surface area contributed by atoms with Crippen molar-refractivity contribution in [2.24, 2.45) is 0 Å². The minimum atomic E-state index is 0.220. The summed E-state index contributed by atoms with van der Waals surface area (Å²) < 4.78 is 0.220. The lowest BCUT2D eigenvalue weighted by atomic mass is 10.2. The molecule has 0 aliphatic carbocycles. The molecule has 0 fully saturated rings. The average Bonchev–Trinajstić information content (AvgIpc) is 0.811. The lowest BCUT2D eigenvalue weighted by Crippen LogP contribution is -1.72. The first-order chi connectivity index (χ1) is 1.73. The highest BCUT2D eigenvalue weighted by molar-refractivity contribution is 14.1. The number of hydrogen-bond acceptors (Lipinski definition) is 0. The number of hydrogen-bond donors (Lipinski definition) is 0. The molecule has 0 spiro atoms. The third-order valence-corrected chi connectivity index (χ3v) is 0. The summed E-state index contributed by atoms with van der Waals surface area (Å²) in [5, 5.41) is 0. The molecule has 0 aromatic carbocycles. The Kier molecular flexibility index (Phi) is 3.22. The van der Waals surface area contributed by atoms with Gasteiger partial charge in [-0.2, -0.15) is 0 Å². The van der Waals surface area contributed by atoms with Crippen LogP contribution >= 0.6 is 31.8 Å². The van der Waals surface area contributed by atoms with E-state index in [1.807, 2.05) is 0 Å². The maximum Gasteiger partial charge on any atom is 0.0900 e. The summed E-state index contributed by atoms with van der Waals surface area (Å²) in [5.41, 5.74) is 0. The molecule has 0 heterocycles. The standard InChI is InChI=1S/CH3BIP/c2-1(3)4/h1H,4H2. The van der Waals surface area contributed by atoms with Crippen molar-refractivity contribution < 1.29 is 0 Å². The van der Waals surface area contributed by atoms with Crippen molar-refractivity contribution in [2.45, 2.75) is 3.57 Å². The number of halogens is 1. The molecule has 0 aliphatic rings. The van der Waals surface area contributed by atoms with Gasteiger partial charge in [0, 0.05) is 0 Å². The van der Waals surface area contributed by atoms with Gasteiger partial charge in [0.2, 0.25) is 0 Å². The topological polar surface area (TPSA) is 0 Å². The van der Waals surface area contributed by atoms with Crippen LogP contribution in [0.25, 0.3) is 0 Å². The van der Waals surface area contributed by atoms with Gasteiger partial charge in [-0.3, -0.25) is 0 Å². The Bertz CT molecular complexity index is 12.8. The summed E-state index contributed by atoms with van der Waals surface area (Å²) in [6.07, 6.45) is 0. The highest BCUT2D eigenvalue weighted by atomic mass is 127. The van der Waals surface area contributed by atoms with Crippen LogP contribution in [0.4, 0.5) is 0 Å². The Morgan fingerprint density at radius 1 is 2.00 bits per heavy atom. The molecule has 3 heteroatoms. The molecule has 4 heavy (non-hydrogen) atoms. The highest BCUT2D eigenvalue weighted by Gasteiger charge is 1.71. The average molecular weight is 184 g/mol. The first-order valence-corrected chi connectivity index (χ1v) is 2.80. The Hall–Kier alpha value is 1.22. The molecule has 0 aliphatic heterocycles. The van der Waals surface area contributed by atoms with Gasteiger partial charge in [-0.05, 0) is 3.57 Å². The molecule has 0 bridgehead atoms. The van der Waals surface area contributed by atoms with E-state index in [-0.39, 0.29) is 3.57 Å². The summed E-state index contributed by atoms with van der Waals surface area (Å²) in [5.74, 6) is 0. The maximum atomic E-state index is 5.06. The Morgan fingerprint density at radius 3 is 2.00 bits per heavy atom. The second-order valence-corrected chi connectivity index (χ2v) is 3.96. The fourth-order valence-corrected chi connectivity index (χ4v) is 0. The van der Waals surface area contributed by atoms with Gasteiger partial charge in [-0.1, -0.05) is 22.6 Å². The highest BCUT2D eigenvalue weighted by Crippen LogP contribution is 2.00. The maximum absolute atomic E-state index is 5.06. The van der Waals surface area contributed by atoms with E-state index in [1.54, 1.807) is 0 Å². The van der Waals surface area contributed by atoms with Crippen molar-refractivity contribution in [3.63, 3.8) is 0 Å². The smallest absolute Gasteiger partial charge is 0.0900 e. The van der Waals surface area contributed by atoms with Crippen LogP contribution in [-0.2, 0) is 0 Å². The quantitative estimate of drug-likeness (QED) is 0.225. The molecule has 0 saturated heterocycles. The molecule has 22 valence electrons. The molecule has 2 unspecified atom stereocenters. The van der Waals surface area contributed by atoms with Crippen molar-refractivity contribution >= 4 is 39.7 Å². The van der Waals surface area contributed by atoms with E-state index in [4.69, 9.17) is 7.85 Å². The summed E-state index contributed by atoms with van der Waals surface area (Å²) in [7, 11) is 7.48. The second-order valence-electron chi connectivity index (χ2n) is 0.444. The van der Waals surface area contributed by atoms with Crippen molar-refractivity contribution in [1.29, 1.82) is 0 Å². The zero-order valence-corrected chi connectivity index (χ0v) is 5.42. The van der Waals surface area contributed by atoms with Crippen LogP contribution in [0.1, 0.15) is 0 Å². The Labute approximate surface area is 43.5 Å². The molecule has 0 amide bonds. The van der Waals surface area contributed by atoms with E-state index in [1.165, 1.54) is 0 Å². The van der Waals surface area contributed by atoms with Crippen molar-refractivity contribution in [1.82, 2.24) is 0 Å². The van der Waals surface area contributed by atoms with Gasteiger partial charge in [0.1, 0.15) is 0 Å². The molecule has 2 radical (unpaired) electrons. The van der Waals surface area contributed by atoms with Crippen LogP contribution in [0, 0.1) is 0 Å². The van der Waals surface area contributed by atoms with Crippen molar-refractivity contribution in [3.8, 4) is 0 Å². The molecule has 0 rings (SSSR count). The molecule has 0 aromatic rings. The third kappa shape index (κ3) is 10.6. The van der Waals surface area contributed by atoms with Crippen LogP contribution in [-0.4, -0.2) is 11.4 Å². The third-order valence-electron chi connectivity index (χ3n) is 0. The predicted molar refractivity (Wildman–Crippen MR) is 33.3 cm³/mol. The van der Waals surface area contributed by atoms with E-state index in [2.05, 4.69) is 31.8 Å². The van der Waals surface area contributed by atoms with E-state index in [0.717, 1.165) is 0 Å². The Balaban J connectivity index is 2.32. The summed E-state index contributed by atoms with van der Waals surface area (Å²) in [4.78, 5) is 0. The fraction of sp³-hybridized carbons (Fsp3) is 1.00. The van der Waals surface area contributed by atoms with Crippen LogP contribution in [0.2, 0.25) is 0 Å². The lowest BCUT2D eigenvalue weighted by Gasteiger charge is -1.76. The summed E-state index contributed by atoms with van der Waals surface area (Å²) in [6, 6.07) is 0. The van der Waals surface area contributed by atoms with Crippen LogP contribution in [0.3, 0.4) is 0 Å². The summed E-state index contributed by atoms with van der Waals surface area (Å²) >= 11 is 2.08. The van der Waals surface area contributed by atoms with E-state index < -0.39 is 0 Å². The lowest BCUT2D eigenvalue weighted by molar-refractivity contribution is 2.16. The van der Waals surface area contributed by atoms with Crippen LogP contribution in [0.15, 0.2) is 0 Å². The minimum absolute atomic E-state index is 0.220. The first kappa shape index (κ1) is 5.22. The van der Waals surface area contributed by atoms with Gasteiger partial charge >= 0.3 is 0 Å². The monoisotopic (exact) mass is 184 g/mol. The van der Waals surface area contributed by atoms with Gasteiger partial charge in [-0.25, -0.2) is 0 Å². The fourth-order valence-electron chi connectivity index (χ4n) is 0. The first-order valence-electron chi connectivity index (χ1n) is 0.885. The van der Waals surface area contributed by atoms with Crippen LogP contribution < -0.4 is 0 Å². The normalized spacial score (nSPS) is 15.5. The molecule has 0 aromatic heterocycles. The van der Waals surface area contributed by atoms with Gasteiger partial charge < -0.3 is 0 Å². The van der Waals surface area contributed by atoms with E-state index in [0.29, 0.717) is 0 Å². The second kappa shape index (κ2) is 2.46. The minimum Gasteiger partial charge on any atom is -0.134 e. The number of rotatable bonds is 0. The molecule has 2 atom stereocenters. The van der Waals surface area contributed by atoms with Gasteiger partial charge in [0.25, 0.3) is 0 Å². The largest absolute Gasteiger partial charge is 0.134 e. The SMILES string of the molecule is [B]C(P)I. The van der Waals surface area contributed by atoms with Gasteiger partial charge in [0.05, 0.1) is 7.85 Å². The van der Waals surface area contributed by atoms with Gasteiger partial charge in [-0.15, -0.1) is 9.24 Å². The zero-order chi connectivity index (χ0) is 3.58. The van der Waals surface area contributed by atoms with Crippen molar-refractivity contribution in [2.75, 3.05) is 0 Å².